The summed E-state index contributed by atoms with van der Waals surface area (Å²) in [4.78, 5) is 41.1. The maximum atomic E-state index is 13.9. The number of nitrogens with zero attached hydrogens (tertiary/aromatic N) is 6. The van der Waals surface area contributed by atoms with Crippen LogP contribution >= 0.6 is 0 Å². The number of aromatic nitrogens is 5. The molecule has 1 aliphatic rings. The Balaban J connectivity index is 1.41. The molecule has 0 saturated heterocycles. The van der Waals surface area contributed by atoms with E-state index < -0.39 is 29.4 Å². The zero-order chi connectivity index (χ0) is 26.7. The van der Waals surface area contributed by atoms with E-state index in [0.29, 0.717) is 17.2 Å². The molecule has 3 aromatic heterocycles. The van der Waals surface area contributed by atoms with Gasteiger partial charge in [-0.2, -0.15) is 9.49 Å². The fraction of sp³-hybridized carbons (Fsp3) is 0.375. The lowest BCUT2D eigenvalue weighted by Crippen LogP contribution is -2.45. The first kappa shape index (κ1) is 25.8. The van der Waals surface area contributed by atoms with Crippen LogP contribution in [0.1, 0.15) is 38.4 Å². The zero-order valence-corrected chi connectivity index (χ0v) is 20.7. The van der Waals surface area contributed by atoms with Crippen molar-refractivity contribution in [1.82, 2.24) is 24.7 Å². The second-order valence-electron chi connectivity index (χ2n) is 9.12. The number of carbonyl (C=O) groups is 2. The molecule has 3 heterocycles. The highest BCUT2D eigenvalue weighted by molar-refractivity contribution is 5.96. The van der Waals surface area contributed by atoms with Crippen molar-refractivity contribution in [3.63, 3.8) is 0 Å². The quantitative estimate of drug-likeness (QED) is 0.362. The number of halogens is 2. The molecule has 194 valence electrons. The highest BCUT2D eigenvalue weighted by Crippen LogP contribution is 2.45. The molecule has 3 aromatic rings. The highest BCUT2D eigenvalue weighted by atomic mass is 19.1. The van der Waals surface area contributed by atoms with Crippen molar-refractivity contribution in [3.8, 4) is 11.4 Å². The van der Waals surface area contributed by atoms with Crippen LogP contribution in [0.25, 0.3) is 11.4 Å². The summed E-state index contributed by atoms with van der Waals surface area (Å²) in [7, 11) is 3.30. The summed E-state index contributed by atoms with van der Waals surface area (Å²) in [6, 6.07) is 0.910. The predicted molar refractivity (Wildman–Crippen MR) is 131 cm³/mol. The molecule has 1 aliphatic carbocycles. The average Bonchev–Trinajstić information content (AvgIpc) is 3.19. The standard InChI is InChI=1S/C24H26F2N8O3/c1-13(17-5-15(25)9-28-19(17)26)37-23(36)33-21-18(12-31-34(21)4)20-29-10-16(11-30-20)32-22(35)24(2)6-14(7-24)8-27-3/h5,8-14H,6-7H2,1-4H3,(H,32,35)(H,33,36)/t13-,14?,24?/m1/s1. The van der Waals surface area contributed by atoms with E-state index in [0.717, 1.165) is 25.1 Å². The lowest BCUT2D eigenvalue weighted by Gasteiger charge is -2.41. The molecule has 11 nitrogen and oxygen atoms in total. The van der Waals surface area contributed by atoms with E-state index in [9.17, 15) is 18.4 Å². The molecular formula is C24H26F2N8O3. The van der Waals surface area contributed by atoms with Crippen LogP contribution in [0.4, 0.5) is 25.1 Å². The number of carbonyl (C=O) groups excluding carboxylic acids is 2. The van der Waals surface area contributed by atoms with Gasteiger partial charge in [0.25, 0.3) is 0 Å². The number of aryl methyl sites for hydroxylation is 1. The Labute approximate surface area is 211 Å². The van der Waals surface area contributed by atoms with E-state index in [4.69, 9.17) is 4.74 Å². The maximum absolute atomic E-state index is 13.9. The Morgan fingerprint density at radius 1 is 1.19 bits per heavy atom. The number of pyridine rings is 1. The Kier molecular flexibility index (Phi) is 7.23. The van der Waals surface area contributed by atoms with Crippen LogP contribution in [0.15, 0.2) is 35.8 Å². The summed E-state index contributed by atoms with van der Waals surface area (Å²) in [5.41, 5.74) is 0.134. The molecule has 2 N–H and O–H groups in total. The minimum absolute atomic E-state index is 0.116. The van der Waals surface area contributed by atoms with Crippen molar-refractivity contribution in [2.24, 2.45) is 23.4 Å². The van der Waals surface area contributed by atoms with Crippen molar-refractivity contribution in [2.75, 3.05) is 17.7 Å². The van der Waals surface area contributed by atoms with Crippen molar-refractivity contribution in [2.45, 2.75) is 32.8 Å². The first-order valence-electron chi connectivity index (χ1n) is 11.5. The van der Waals surface area contributed by atoms with Gasteiger partial charge in [-0.1, -0.05) is 6.92 Å². The number of amides is 2. The van der Waals surface area contributed by atoms with E-state index in [2.05, 4.69) is 35.7 Å². The third-order valence-corrected chi connectivity index (χ3v) is 6.20. The molecule has 4 rings (SSSR count). The lowest BCUT2D eigenvalue weighted by atomic mass is 9.63. The topological polar surface area (TPSA) is 136 Å². The van der Waals surface area contributed by atoms with Crippen molar-refractivity contribution >= 4 is 29.7 Å². The molecule has 13 heteroatoms. The van der Waals surface area contributed by atoms with Crippen molar-refractivity contribution < 1.29 is 23.1 Å². The van der Waals surface area contributed by atoms with Crippen molar-refractivity contribution in [1.29, 1.82) is 0 Å². The van der Waals surface area contributed by atoms with Crippen LogP contribution in [0.5, 0.6) is 0 Å². The minimum atomic E-state index is -1.11. The molecule has 0 radical (unpaired) electrons. The summed E-state index contributed by atoms with van der Waals surface area (Å²) in [5.74, 6) is -1.05. The van der Waals surface area contributed by atoms with Crippen LogP contribution in [-0.2, 0) is 16.6 Å². The van der Waals surface area contributed by atoms with Crippen LogP contribution in [0.3, 0.4) is 0 Å². The molecule has 2 amide bonds. The first-order valence-corrected chi connectivity index (χ1v) is 11.5. The van der Waals surface area contributed by atoms with Crippen LogP contribution in [0, 0.1) is 23.1 Å². The number of hydrogen-bond acceptors (Lipinski definition) is 8. The molecule has 0 aromatic carbocycles. The summed E-state index contributed by atoms with van der Waals surface area (Å²) < 4.78 is 33.9. The van der Waals surface area contributed by atoms with Gasteiger partial charge in [-0.3, -0.25) is 14.8 Å². The van der Waals surface area contributed by atoms with Gasteiger partial charge >= 0.3 is 6.09 Å². The first-order chi connectivity index (χ1) is 17.6. The molecular weight excluding hydrogens is 486 g/mol. The zero-order valence-electron chi connectivity index (χ0n) is 20.7. The average molecular weight is 513 g/mol. The largest absolute Gasteiger partial charge is 0.441 e. The van der Waals surface area contributed by atoms with Gasteiger partial charge in [0.1, 0.15) is 17.7 Å². The Morgan fingerprint density at radius 3 is 2.57 bits per heavy atom. The fourth-order valence-electron chi connectivity index (χ4n) is 4.24. The second-order valence-corrected chi connectivity index (χ2v) is 9.12. The summed E-state index contributed by atoms with van der Waals surface area (Å²) in [6.07, 6.45) is 6.37. The van der Waals surface area contributed by atoms with Crippen LogP contribution in [0.2, 0.25) is 0 Å². The summed E-state index contributed by atoms with van der Waals surface area (Å²) in [6.45, 7) is 3.30. The van der Waals surface area contributed by atoms with E-state index >= 15 is 0 Å². The van der Waals surface area contributed by atoms with Crippen LogP contribution < -0.4 is 10.6 Å². The van der Waals surface area contributed by atoms with Gasteiger partial charge in [0.15, 0.2) is 5.82 Å². The Morgan fingerprint density at radius 2 is 1.89 bits per heavy atom. The van der Waals surface area contributed by atoms with Gasteiger partial charge in [0, 0.05) is 25.7 Å². The number of hydrogen-bond donors (Lipinski definition) is 2. The van der Waals surface area contributed by atoms with Gasteiger partial charge < -0.3 is 15.0 Å². The lowest BCUT2D eigenvalue weighted by molar-refractivity contribution is -0.130. The normalized spacial score (nSPS) is 19.8. The molecule has 1 saturated carbocycles. The Hall–Kier alpha value is -4.29. The number of anilines is 2. The van der Waals surface area contributed by atoms with Gasteiger partial charge in [-0.15, -0.1) is 0 Å². The van der Waals surface area contributed by atoms with E-state index in [1.54, 1.807) is 14.1 Å². The van der Waals surface area contributed by atoms with Crippen molar-refractivity contribution in [3.05, 3.63) is 48.2 Å². The smallest absolute Gasteiger partial charge is 0.413 e. The molecule has 1 fully saturated rings. The van der Waals surface area contributed by atoms with Crippen LogP contribution in [-0.4, -0.2) is 50.0 Å². The van der Waals surface area contributed by atoms with Gasteiger partial charge in [-0.25, -0.2) is 24.1 Å². The van der Waals surface area contributed by atoms with Gasteiger partial charge in [0.2, 0.25) is 11.9 Å². The van der Waals surface area contributed by atoms with Gasteiger partial charge in [0.05, 0.1) is 41.6 Å². The maximum Gasteiger partial charge on any atom is 0.413 e. The Bertz CT molecular complexity index is 1340. The minimum Gasteiger partial charge on any atom is -0.441 e. The third-order valence-electron chi connectivity index (χ3n) is 6.20. The van der Waals surface area contributed by atoms with Gasteiger partial charge in [-0.05, 0) is 31.7 Å². The number of ether oxygens (including phenoxy) is 1. The number of rotatable bonds is 7. The van der Waals surface area contributed by atoms with E-state index in [1.807, 2.05) is 13.1 Å². The molecule has 0 bridgehead atoms. The molecule has 1 atom stereocenters. The molecule has 0 aliphatic heterocycles. The molecule has 37 heavy (non-hydrogen) atoms. The van der Waals surface area contributed by atoms with E-state index in [1.165, 1.54) is 30.2 Å². The molecule has 0 spiro atoms. The molecule has 0 unspecified atom stereocenters. The highest BCUT2D eigenvalue weighted by Gasteiger charge is 2.45. The number of aliphatic imine (C=N–C) groups is 1. The number of nitrogens with one attached hydrogen (secondary N) is 2. The monoisotopic (exact) mass is 512 g/mol. The summed E-state index contributed by atoms with van der Waals surface area (Å²) >= 11 is 0. The fourth-order valence-corrected chi connectivity index (χ4v) is 4.24. The SMILES string of the molecule is CN=CC1CC(C)(C(=O)Nc2cnc(-c3cnn(C)c3NC(=O)O[C@H](C)c3cc(F)cnc3F)nc2)C1. The van der Waals surface area contributed by atoms with E-state index in [-0.39, 0.29) is 23.1 Å². The third kappa shape index (κ3) is 5.60. The summed E-state index contributed by atoms with van der Waals surface area (Å²) in [5, 5.41) is 9.49. The predicted octanol–water partition coefficient (Wildman–Crippen LogP) is 3.92. The second kappa shape index (κ2) is 10.4.